The van der Waals surface area contributed by atoms with Gasteiger partial charge in [-0.2, -0.15) is 0 Å². The largest absolute Gasteiger partial charge is 0.371 e. The van der Waals surface area contributed by atoms with Crippen LogP contribution in [0.1, 0.15) is 12.8 Å². The predicted octanol–water partition coefficient (Wildman–Crippen LogP) is 3.62. The van der Waals surface area contributed by atoms with E-state index >= 15 is 0 Å². The van der Waals surface area contributed by atoms with Gasteiger partial charge in [0.1, 0.15) is 11.6 Å². The van der Waals surface area contributed by atoms with Crippen molar-refractivity contribution < 1.29 is 8.78 Å². The van der Waals surface area contributed by atoms with Crippen LogP contribution >= 0.6 is 24.0 Å². The van der Waals surface area contributed by atoms with Crippen molar-refractivity contribution in [2.75, 3.05) is 29.9 Å². The number of anilines is 2. The summed E-state index contributed by atoms with van der Waals surface area (Å²) in [5, 5.41) is 2.62. The van der Waals surface area contributed by atoms with E-state index < -0.39 is 11.6 Å². The average Bonchev–Trinajstić information content (AvgIpc) is 2.64. The lowest BCUT2D eigenvalue weighted by Gasteiger charge is -2.33. The fraction of sp³-hybridized carbons (Fsp3) is 0.333. The quantitative estimate of drug-likeness (QED) is 0.405. The molecule has 3 rings (SSSR count). The molecule has 1 aliphatic heterocycles. The highest BCUT2D eigenvalue weighted by atomic mass is 127. The van der Waals surface area contributed by atoms with Crippen LogP contribution in [0.15, 0.2) is 47.7 Å². The molecule has 0 atom stereocenters. The van der Waals surface area contributed by atoms with Gasteiger partial charge in [-0.05, 0) is 43.0 Å². The van der Waals surface area contributed by atoms with Gasteiger partial charge >= 0.3 is 0 Å². The van der Waals surface area contributed by atoms with Gasteiger partial charge in [0.05, 0.1) is 5.69 Å². The van der Waals surface area contributed by atoms with Gasteiger partial charge in [0, 0.05) is 43.8 Å². The molecule has 1 aromatic carbocycles. The Kier molecular flexibility index (Phi) is 7.55. The lowest BCUT2D eigenvalue weighted by Crippen LogP contribution is -2.35. The van der Waals surface area contributed by atoms with Crippen LogP contribution in [0.3, 0.4) is 0 Å². The second-order valence-electron chi connectivity index (χ2n) is 6.11. The van der Waals surface area contributed by atoms with Gasteiger partial charge in [-0.1, -0.05) is 0 Å². The molecule has 0 radical (unpaired) electrons. The molecule has 26 heavy (non-hydrogen) atoms. The van der Waals surface area contributed by atoms with Gasteiger partial charge in [-0.3, -0.25) is 9.98 Å². The van der Waals surface area contributed by atoms with E-state index in [9.17, 15) is 8.78 Å². The van der Waals surface area contributed by atoms with Crippen LogP contribution in [-0.4, -0.2) is 30.6 Å². The number of rotatable bonds is 4. The number of nitrogens with two attached hydrogens (primary N) is 1. The number of hydrogen-bond donors (Lipinski definition) is 2. The molecule has 2 heterocycles. The standard InChI is InChI=1S/C18H21F2N5.HI/c19-14-1-2-16(20)17(11-14)24-18(21)23-12-13-5-9-25(10-6-13)15-3-7-22-8-4-15;/h1-4,7-8,11,13H,5-6,9-10,12H2,(H3,21,23,24);1H. The summed E-state index contributed by atoms with van der Waals surface area (Å²) >= 11 is 0. The predicted molar refractivity (Wildman–Crippen MR) is 111 cm³/mol. The van der Waals surface area contributed by atoms with E-state index in [0.717, 1.165) is 44.1 Å². The van der Waals surface area contributed by atoms with E-state index in [2.05, 4.69) is 20.2 Å². The summed E-state index contributed by atoms with van der Waals surface area (Å²) in [6.07, 6.45) is 5.61. The maximum Gasteiger partial charge on any atom is 0.193 e. The SMILES string of the molecule is I.NC(=NCC1CCN(c2ccncc2)CC1)Nc1cc(F)ccc1F. The molecule has 1 aliphatic rings. The zero-order valence-corrected chi connectivity index (χ0v) is 16.6. The number of benzene rings is 1. The number of aliphatic imine (C=N–C) groups is 1. The zero-order valence-electron chi connectivity index (χ0n) is 14.2. The summed E-state index contributed by atoms with van der Waals surface area (Å²) in [6.45, 7) is 2.48. The summed E-state index contributed by atoms with van der Waals surface area (Å²) in [5.41, 5.74) is 6.97. The monoisotopic (exact) mass is 473 g/mol. The van der Waals surface area contributed by atoms with Crippen LogP contribution in [-0.2, 0) is 0 Å². The number of nitrogens with zero attached hydrogens (tertiary/aromatic N) is 3. The fourth-order valence-corrected chi connectivity index (χ4v) is 2.93. The van der Waals surface area contributed by atoms with Gasteiger partial charge in [0.25, 0.3) is 0 Å². The van der Waals surface area contributed by atoms with Crippen molar-refractivity contribution in [2.24, 2.45) is 16.6 Å². The van der Waals surface area contributed by atoms with E-state index in [4.69, 9.17) is 5.73 Å². The summed E-state index contributed by atoms with van der Waals surface area (Å²) in [6, 6.07) is 7.19. The van der Waals surface area contributed by atoms with E-state index in [0.29, 0.717) is 12.5 Å². The summed E-state index contributed by atoms with van der Waals surface area (Å²) in [5.74, 6) is -0.567. The van der Waals surface area contributed by atoms with Crippen LogP contribution in [0.25, 0.3) is 0 Å². The van der Waals surface area contributed by atoms with Crippen LogP contribution < -0.4 is 16.0 Å². The second-order valence-corrected chi connectivity index (χ2v) is 6.11. The number of aromatic nitrogens is 1. The third-order valence-corrected chi connectivity index (χ3v) is 4.35. The molecule has 1 aromatic heterocycles. The number of nitrogens with one attached hydrogen (secondary N) is 1. The lowest BCUT2D eigenvalue weighted by atomic mass is 9.97. The van der Waals surface area contributed by atoms with Crippen molar-refractivity contribution in [2.45, 2.75) is 12.8 Å². The molecule has 1 fully saturated rings. The first kappa shape index (κ1) is 20.3. The molecule has 5 nitrogen and oxygen atoms in total. The van der Waals surface area contributed by atoms with Crippen molar-refractivity contribution in [1.29, 1.82) is 0 Å². The van der Waals surface area contributed by atoms with E-state index in [1.807, 2.05) is 12.1 Å². The first-order valence-corrected chi connectivity index (χ1v) is 8.29. The summed E-state index contributed by atoms with van der Waals surface area (Å²) < 4.78 is 26.7. The average molecular weight is 473 g/mol. The number of piperidine rings is 1. The number of halogens is 3. The Bertz CT molecular complexity index is 734. The minimum atomic E-state index is -0.565. The van der Waals surface area contributed by atoms with Crippen LogP contribution in [0.2, 0.25) is 0 Å². The molecule has 0 unspecified atom stereocenters. The Morgan fingerprint density at radius 3 is 2.58 bits per heavy atom. The van der Waals surface area contributed by atoms with Gasteiger partial charge in [0.2, 0.25) is 0 Å². The van der Waals surface area contributed by atoms with Crippen molar-refractivity contribution in [1.82, 2.24) is 4.98 Å². The molecular weight excluding hydrogens is 451 g/mol. The Morgan fingerprint density at radius 1 is 1.19 bits per heavy atom. The molecule has 140 valence electrons. The molecule has 2 aromatic rings. The van der Waals surface area contributed by atoms with Crippen molar-refractivity contribution in [3.8, 4) is 0 Å². The maximum absolute atomic E-state index is 13.6. The summed E-state index contributed by atoms with van der Waals surface area (Å²) in [4.78, 5) is 10.6. The number of pyridine rings is 1. The highest BCUT2D eigenvalue weighted by molar-refractivity contribution is 14.0. The smallest absolute Gasteiger partial charge is 0.193 e. The van der Waals surface area contributed by atoms with Gasteiger partial charge < -0.3 is 16.0 Å². The minimum absolute atomic E-state index is 0. The van der Waals surface area contributed by atoms with Crippen molar-refractivity contribution >= 4 is 41.3 Å². The van der Waals surface area contributed by atoms with E-state index in [1.54, 1.807) is 12.4 Å². The molecule has 3 N–H and O–H groups in total. The van der Waals surface area contributed by atoms with Crippen LogP contribution in [0.4, 0.5) is 20.2 Å². The lowest BCUT2D eigenvalue weighted by molar-refractivity contribution is 0.415. The third-order valence-electron chi connectivity index (χ3n) is 4.35. The summed E-state index contributed by atoms with van der Waals surface area (Å²) in [7, 11) is 0. The maximum atomic E-state index is 13.6. The van der Waals surface area contributed by atoms with E-state index in [-0.39, 0.29) is 35.6 Å². The second kappa shape index (κ2) is 9.65. The highest BCUT2D eigenvalue weighted by Gasteiger charge is 2.19. The normalized spacial score (nSPS) is 15.5. The molecule has 0 bridgehead atoms. The molecule has 0 spiro atoms. The van der Waals surface area contributed by atoms with Gasteiger partial charge in [-0.15, -0.1) is 24.0 Å². The highest BCUT2D eigenvalue weighted by Crippen LogP contribution is 2.23. The molecular formula is C18H22F2IN5. The molecule has 1 saturated heterocycles. The Morgan fingerprint density at radius 2 is 1.88 bits per heavy atom. The van der Waals surface area contributed by atoms with Gasteiger partial charge in [0.15, 0.2) is 5.96 Å². The minimum Gasteiger partial charge on any atom is -0.371 e. The van der Waals surface area contributed by atoms with E-state index in [1.165, 1.54) is 5.69 Å². The van der Waals surface area contributed by atoms with Crippen LogP contribution in [0.5, 0.6) is 0 Å². The first-order valence-electron chi connectivity index (χ1n) is 8.29. The Labute approximate surface area is 168 Å². The number of hydrogen-bond acceptors (Lipinski definition) is 3. The molecule has 0 amide bonds. The molecule has 8 heteroatoms. The number of guanidine groups is 1. The van der Waals surface area contributed by atoms with Crippen molar-refractivity contribution in [3.05, 3.63) is 54.4 Å². The van der Waals surface area contributed by atoms with Gasteiger partial charge in [-0.25, -0.2) is 8.78 Å². The topological polar surface area (TPSA) is 66.5 Å². The fourth-order valence-electron chi connectivity index (χ4n) is 2.93. The zero-order chi connectivity index (χ0) is 17.6. The Hall–Kier alpha value is -1.97. The molecule has 0 aliphatic carbocycles. The van der Waals surface area contributed by atoms with Crippen LogP contribution in [0, 0.1) is 17.6 Å². The first-order chi connectivity index (χ1) is 12.1. The molecule has 0 saturated carbocycles. The Balaban J connectivity index is 0.00000243. The van der Waals surface area contributed by atoms with Crippen molar-refractivity contribution in [3.63, 3.8) is 0 Å². The third kappa shape index (κ3) is 5.52.